The molecule has 0 atom stereocenters. The minimum atomic E-state index is -0.320. The van der Waals surface area contributed by atoms with Crippen LogP contribution in [-0.2, 0) is 9.53 Å². The fraction of sp³-hybridized carbons (Fsp3) is 0.529. The lowest BCUT2D eigenvalue weighted by molar-refractivity contribution is -0.140. The van der Waals surface area contributed by atoms with Crippen LogP contribution in [0, 0.1) is 0 Å². The molecule has 0 aliphatic carbocycles. The molecule has 5 nitrogen and oxygen atoms in total. The van der Waals surface area contributed by atoms with Crippen LogP contribution in [0.4, 0.5) is 0 Å². The van der Waals surface area contributed by atoms with Gasteiger partial charge in [0.1, 0.15) is 5.75 Å². The molecule has 0 bridgehead atoms. The molecule has 5 heteroatoms. The van der Waals surface area contributed by atoms with Gasteiger partial charge in [-0.05, 0) is 52.0 Å². The zero-order valence-corrected chi connectivity index (χ0v) is 14.0. The number of nitrogens with zero attached hydrogens (tertiary/aromatic N) is 1. The fourth-order valence-electron chi connectivity index (χ4n) is 2.02. The summed E-state index contributed by atoms with van der Waals surface area (Å²) in [6, 6.07) is 7.06. The summed E-state index contributed by atoms with van der Waals surface area (Å²) in [4.78, 5) is 25.5. The molecule has 22 heavy (non-hydrogen) atoms. The lowest BCUT2D eigenvalue weighted by atomic mass is 10.1. The van der Waals surface area contributed by atoms with Gasteiger partial charge in [-0.3, -0.25) is 9.59 Å². The summed E-state index contributed by atoms with van der Waals surface area (Å²) in [6.07, 6.45) is 0.281. The standard InChI is InChI=1S/C17H25NO4/c1-12(2)18(11-10-16(19)21-5)17(20)14-6-8-15(9-7-14)22-13(3)4/h6-9,12-13H,10-11H2,1-5H3. The second kappa shape index (κ2) is 8.41. The number of benzene rings is 1. The molecule has 0 fully saturated rings. The van der Waals surface area contributed by atoms with Crippen LogP contribution < -0.4 is 4.74 Å². The van der Waals surface area contributed by atoms with Crippen LogP contribution in [-0.4, -0.2) is 42.6 Å². The highest BCUT2D eigenvalue weighted by molar-refractivity contribution is 5.94. The van der Waals surface area contributed by atoms with Crippen molar-refractivity contribution in [2.24, 2.45) is 0 Å². The summed E-state index contributed by atoms with van der Waals surface area (Å²) >= 11 is 0. The third-order valence-corrected chi connectivity index (χ3v) is 3.14. The highest BCUT2D eigenvalue weighted by Gasteiger charge is 2.19. The van der Waals surface area contributed by atoms with E-state index in [9.17, 15) is 9.59 Å². The quantitative estimate of drug-likeness (QED) is 0.727. The molecule has 1 rings (SSSR count). The van der Waals surface area contributed by atoms with Crippen LogP contribution in [0.25, 0.3) is 0 Å². The van der Waals surface area contributed by atoms with Crippen molar-refractivity contribution in [3.8, 4) is 5.75 Å². The predicted octanol–water partition coefficient (Wildman–Crippen LogP) is 2.89. The van der Waals surface area contributed by atoms with Crippen molar-refractivity contribution in [2.45, 2.75) is 46.3 Å². The minimum Gasteiger partial charge on any atom is -0.491 e. The van der Waals surface area contributed by atoms with E-state index in [0.717, 1.165) is 5.75 Å². The number of hydrogen-bond donors (Lipinski definition) is 0. The van der Waals surface area contributed by atoms with E-state index in [1.165, 1.54) is 7.11 Å². The van der Waals surface area contributed by atoms with Crippen molar-refractivity contribution in [2.75, 3.05) is 13.7 Å². The molecule has 1 amide bonds. The van der Waals surface area contributed by atoms with E-state index in [2.05, 4.69) is 4.74 Å². The van der Waals surface area contributed by atoms with Gasteiger partial charge in [0, 0.05) is 18.2 Å². The number of esters is 1. The summed E-state index contributed by atoms with van der Waals surface area (Å²) in [5.74, 6) is 0.311. The molecule has 0 aliphatic heterocycles. The maximum absolute atomic E-state index is 12.6. The first kappa shape index (κ1) is 18.0. The Hall–Kier alpha value is -2.04. The molecule has 0 radical (unpaired) electrons. The van der Waals surface area contributed by atoms with E-state index >= 15 is 0 Å². The largest absolute Gasteiger partial charge is 0.491 e. The van der Waals surface area contributed by atoms with Gasteiger partial charge >= 0.3 is 5.97 Å². The van der Waals surface area contributed by atoms with Gasteiger partial charge < -0.3 is 14.4 Å². The van der Waals surface area contributed by atoms with Crippen LogP contribution in [0.5, 0.6) is 5.75 Å². The van der Waals surface area contributed by atoms with Gasteiger partial charge in [-0.2, -0.15) is 0 Å². The van der Waals surface area contributed by atoms with Gasteiger partial charge in [0.05, 0.1) is 19.6 Å². The fourth-order valence-corrected chi connectivity index (χ4v) is 2.02. The zero-order chi connectivity index (χ0) is 16.7. The second-order valence-electron chi connectivity index (χ2n) is 5.61. The van der Waals surface area contributed by atoms with Crippen molar-refractivity contribution in [1.82, 2.24) is 4.90 Å². The smallest absolute Gasteiger partial charge is 0.307 e. The first-order chi connectivity index (χ1) is 10.3. The Morgan fingerprint density at radius 2 is 1.68 bits per heavy atom. The van der Waals surface area contributed by atoms with E-state index in [1.807, 2.05) is 27.7 Å². The summed E-state index contributed by atoms with van der Waals surface area (Å²) in [6.45, 7) is 8.09. The molecule has 0 N–H and O–H groups in total. The van der Waals surface area contributed by atoms with Gasteiger partial charge in [0.2, 0.25) is 0 Å². The number of methoxy groups -OCH3 is 1. The number of rotatable bonds is 7. The lowest BCUT2D eigenvalue weighted by Gasteiger charge is -2.26. The van der Waals surface area contributed by atoms with E-state index in [4.69, 9.17) is 4.74 Å². The van der Waals surface area contributed by atoms with Crippen molar-refractivity contribution in [3.05, 3.63) is 29.8 Å². The van der Waals surface area contributed by atoms with Crippen LogP contribution in [0.2, 0.25) is 0 Å². The molecule has 0 saturated carbocycles. The molecule has 0 aromatic heterocycles. The van der Waals surface area contributed by atoms with Gasteiger partial charge in [-0.15, -0.1) is 0 Å². The molecule has 0 spiro atoms. The summed E-state index contributed by atoms with van der Waals surface area (Å²) < 4.78 is 10.2. The van der Waals surface area contributed by atoms with Crippen LogP contribution >= 0.6 is 0 Å². The van der Waals surface area contributed by atoms with Crippen molar-refractivity contribution in [3.63, 3.8) is 0 Å². The SMILES string of the molecule is COC(=O)CCN(C(=O)c1ccc(OC(C)C)cc1)C(C)C. The summed E-state index contributed by atoms with van der Waals surface area (Å²) in [5.41, 5.74) is 0.578. The van der Waals surface area contributed by atoms with Crippen molar-refractivity contribution >= 4 is 11.9 Å². The molecule has 0 saturated heterocycles. The van der Waals surface area contributed by atoms with Crippen molar-refractivity contribution in [1.29, 1.82) is 0 Å². The average molecular weight is 307 g/mol. The number of hydrogen-bond acceptors (Lipinski definition) is 4. The van der Waals surface area contributed by atoms with Gasteiger partial charge in [-0.1, -0.05) is 0 Å². The normalized spacial score (nSPS) is 10.7. The molecule has 0 unspecified atom stereocenters. The maximum atomic E-state index is 12.6. The highest BCUT2D eigenvalue weighted by Crippen LogP contribution is 2.16. The molecule has 0 aliphatic rings. The summed E-state index contributed by atoms with van der Waals surface area (Å²) in [7, 11) is 1.34. The molecule has 1 aromatic rings. The van der Waals surface area contributed by atoms with E-state index in [0.29, 0.717) is 12.1 Å². The third kappa shape index (κ3) is 5.39. The third-order valence-electron chi connectivity index (χ3n) is 3.14. The van der Waals surface area contributed by atoms with Crippen molar-refractivity contribution < 1.29 is 19.1 Å². The first-order valence-corrected chi connectivity index (χ1v) is 7.49. The molecule has 1 aromatic carbocycles. The Bertz CT molecular complexity index is 494. The Labute approximate surface area is 132 Å². The topological polar surface area (TPSA) is 55.8 Å². The van der Waals surface area contributed by atoms with Crippen LogP contribution in [0.1, 0.15) is 44.5 Å². The van der Waals surface area contributed by atoms with Gasteiger partial charge in [-0.25, -0.2) is 0 Å². The first-order valence-electron chi connectivity index (χ1n) is 7.49. The Morgan fingerprint density at radius 3 is 2.14 bits per heavy atom. The van der Waals surface area contributed by atoms with Crippen LogP contribution in [0.3, 0.4) is 0 Å². The number of ether oxygens (including phenoxy) is 2. The number of carbonyl (C=O) groups is 2. The molecular weight excluding hydrogens is 282 g/mol. The number of amides is 1. The zero-order valence-electron chi connectivity index (χ0n) is 14.0. The van der Waals surface area contributed by atoms with E-state index < -0.39 is 0 Å². The predicted molar refractivity (Wildman–Crippen MR) is 85.0 cm³/mol. The monoisotopic (exact) mass is 307 g/mol. The lowest BCUT2D eigenvalue weighted by Crippen LogP contribution is -2.38. The van der Waals surface area contributed by atoms with Crippen LogP contribution in [0.15, 0.2) is 24.3 Å². The van der Waals surface area contributed by atoms with Gasteiger partial charge in [0.25, 0.3) is 5.91 Å². The summed E-state index contributed by atoms with van der Waals surface area (Å²) in [5, 5.41) is 0. The molecule has 0 heterocycles. The maximum Gasteiger partial charge on any atom is 0.307 e. The average Bonchev–Trinajstić information content (AvgIpc) is 2.46. The highest BCUT2D eigenvalue weighted by atomic mass is 16.5. The Morgan fingerprint density at radius 1 is 1.09 bits per heavy atom. The van der Waals surface area contributed by atoms with E-state index in [1.54, 1.807) is 29.2 Å². The Balaban J connectivity index is 2.78. The molecular formula is C17H25NO4. The number of carbonyl (C=O) groups excluding carboxylic acids is 2. The molecule has 122 valence electrons. The minimum absolute atomic E-state index is 0.00347. The van der Waals surface area contributed by atoms with Gasteiger partial charge in [0.15, 0.2) is 0 Å². The second-order valence-corrected chi connectivity index (χ2v) is 5.61. The van der Waals surface area contributed by atoms with E-state index in [-0.39, 0.29) is 30.4 Å². The Kier molecular flexibility index (Phi) is 6.89.